The van der Waals surface area contributed by atoms with Crippen LogP contribution in [0.3, 0.4) is 0 Å². The van der Waals surface area contributed by atoms with Gasteiger partial charge in [0.15, 0.2) is 0 Å². The van der Waals surface area contributed by atoms with Crippen LogP contribution in [0.5, 0.6) is 5.75 Å². The largest absolute Gasteiger partial charge is 0.489 e. The molecule has 8 heteroatoms. The molecule has 0 saturated carbocycles. The number of aliphatic hydroxyl groups excluding tert-OH is 2. The van der Waals surface area contributed by atoms with Crippen LogP contribution in [-0.2, 0) is 32.2 Å². The lowest BCUT2D eigenvalue weighted by atomic mass is 10.1. The van der Waals surface area contributed by atoms with Gasteiger partial charge in [0, 0.05) is 16.1 Å². The van der Waals surface area contributed by atoms with Crippen LogP contribution in [0.1, 0.15) is 11.1 Å². The summed E-state index contributed by atoms with van der Waals surface area (Å²) in [6.45, 7) is 6.77. The molecule has 2 N–H and O–H groups in total. The van der Waals surface area contributed by atoms with Crippen molar-refractivity contribution in [3.05, 3.63) is 40.9 Å². The zero-order chi connectivity index (χ0) is 19.7. The second kappa shape index (κ2) is 15.8. The van der Waals surface area contributed by atoms with E-state index >= 15 is 0 Å². The molecule has 0 radical (unpaired) electrons. The van der Waals surface area contributed by atoms with Crippen molar-refractivity contribution < 1.29 is 33.9 Å². The molecule has 0 aliphatic rings. The first-order valence-corrected chi connectivity index (χ1v) is 9.18. The van der Waals surface area contributed by atoms with Gasteiger partial charge in [-0.25, -0.2) is 0 Å². The van der Waals surface area contributed by atoms with Crippen LogP contribution in [0.2, 0.25) is 5.02 Å². The minimum Gasteiger partial charge on any atom is -0.489 e. The highest BCUT2D eigenvalue weighted by atomic mass is 35.5. The first kappa shape index (κ1) is 23.8. The summed E-state index contributed by atoms with van der Waals surface area (Å²) in [6, 6.07) is 3.59. The first-order valence-electron chi connectivity index (χ1n) is 8.80. The van der Waals surface area contributed by atoms with Crippen LogP contribution in [0.15, 0.2) is 24.8 Å². The van der Waals surface area contributed by atoms with Crippen LogP contribution in [0.25, 0.3) is 0 Å². The summed E-state index contributed by atoms with van der Waals surface area (Å²) in [5.41, 5.74) is 1.61. The molecule has 0 aliphatic heterocycles. The average Bonchev–Trinajstić information content (AvgIpc) is 2.66. The van der Waals surface area contributed by atoms with Gasteiger partial charge in [0.1, 0.15) is 12.4 Å². The Morgan fingerprint density at radius 2 is 1.30 bits per heavy atom. The molecule has 1 aromatic carbocycles. The zero-order valence-corrected chi connectivity index (χ0v) is 16.3. The summed E-state index contributed by atoms with van der Waals surface area (Å²) in [7, 11) is 0. The number of hydrogen-bond acceptors (Lipinski definition) is 7. The van der Waals surface area contributed by atoms with E-state index in [9.17, 15) is 0 Å². The van der Waals surface area contributed by atoms with E-state index in [0.29, 0.717) is 57.0 Å². The van der Waals surface area contributed by atoms with Gasteiger partial charge in [-0.05, 0) is 12.1 Å². The molecule has 27 heavy (non-hydrogen) atoms. The molecule has 7 nitrogen and oxygen atoms in total. The van der Waals surface area contributed by atoms with Crippen molar-refractivity contribution in [2.24, 2.45) is 0 Å². The van der Waals surface area contributed by atoms with Gasteiger partial charge in [-0.3, -0.25) is 0 Å². The summed E-state index contributed by atoms with van der Waals surface area (Å²) in [5.74, 6) is 0.659. The van der Waals surface area contributed by atoms with Crippen molar-refractivity contribution in [1.82, 2.24) is 0 Å². The summed E-state index contributed by atoms with van der Waals surface area (Å²) >= 11 is 6.23. The third-order valence-corrected chi connectivity index (χ3v) is 3.50. The smallest absolute Gasteiger partial charge is 0.130 e. The fourth-order valence-corrected chi connectivity index (χ4v) is 2.45. The van der Waals surface area contributed by atoms with Crippen molar-refractivity contribution in [1.29, 1.82) is 0 Å². The first-order chi connectivity index (χ1) is 13.2. The van der Waals surface area contributed by atoms with Crippen LogP contribution < -0.4 is 4.74 Å². The van der Waals surface area contributed by atoms with E-state index in [1.807, 2.05) is 0 Å². The molecular weight excluding hydrogens is 376 g/mol. The average molecular weight is 405 g/mol. The fraction of sp³-hybridized carbons (Fsp3) is 0.579. The molecule has 0 amide bonds. The van der Waals surface area contributed by atoms with Gasteiger partial charge in [-0.2, -0.15) is 0 Å². The minimum atomic E-state index is -0.0117. The summed E-state index contributed by atoms with van der Waals surface area (Å²) in [5, 5.41) is 17.9. The van der Waals surface area contributed by atoms with Gasteiger partial charge >= 0.3 is 0 Å². The van der Waals surface area contributed by atoms with E-state index in [1.54, 1.807) is 18.2 Å². The van der Waals surface area contributed by atoms with E-state index in [1.165, 1.54) is 0 Å². The van der Waals surface area contributed by atoms with Crippen molar-refractivity contribution in [3.8, 4) is 5.75 Å². The van der Waals surface area contributed by atoms with Gasteiger partial charge in [0.25, 0.3) is 0 Å². The molecule has 0 spiro atoms. The van der Waals surface area contributed by atoms with Gasteiger partial charge in [0.05, 0.1) is 66.1 Å². The topological polar surface area (TPSA) is 86.6 Å². The molecule has 0 saturated heterocycles. The highest BCUT2D eigenvalue weighted by molar-refractivity contribution is 6.30. The van der Waals surface area contributed by atoms with Crippen molar-refractivity contribution >= 4 is 11.6 Å². The Labute approximate surface area is 165 Å². The maximum atomic E-state index is 8.68. The Bertz CT molecular complexity index is 488. The van der Waals surface area contributed by atoms with Gasteiger partial charge in [-0.1, -0.05) is 24.3 Å². The van der Waals surface area contributed by atoms with E-state index in [-0.39, 0.29) is 26.4 Å². The Hall–Kier alpha value is -1.19. The summed E-state index contributed by atoms with van der Waals surface area (Å²) in [6.07, 6.45) is 1.66. The van der Waals surface area contributed by atoms with Gasteiger partial charge in [-0.15, -0.1) is 0 Å². The third kappa shape index (κ3) is 10.7. The maximum Gasteiger partial charge on any atom is 0.130 e. The highest BCUT2D eigenvalue weighted by Gasteiger charge is 2.13. The van der Waals surface area contributed by atoms with Crippen LogP contribution >= 0.6 is 11.6 Å². The fourth-order valence-electron chi connectivity index (χ4n) is 2.19. The lowest BCUT2D eigenvalue weighted by Crippen LogP contribution is -2.10. The standard InChI is InChI=1S/C19H29ClO7/c1-2-5-27-19-16(14-25-10-8-23-6-3-21)12-18(20)13-17(19)15-26-11-9-24-7-4-22/h2,12-13,21-22H,1,3-11,14-15H2. The van der Waals surface area contributed by atoms with Crippen molar-refractivity contribution in [2.75, 3.05) is 59.5 Å². The Morgan fingerprint density at radius 3 is 1.74 bits per heavy atom. The van der Waals surface area contributed by atoms with Crippen LogP contribution in [-0.4, -0.2) is 69.7 Å². The second-order valence-electron chi connectivity index (χ2n) is 5.43. The lowest BCUT2D eigenvalue weighted by molar-refractivity contribution is 0.0250. The molecule has 0 atom stereocenters. The Kier molecular flexibility index (Phi) is 14.0. The number of halogens is 1. The quantitative estimate of drug-likeness (QED) is 0.303. The molecule has 154 valence electrons. The second-order valence-corrected chi connectivity index (χ2v) is 5.87. The van der Waals surface area contributed by atoms with Crippen LogP contribution in [0.4, 0.5) is 0 Å². The summed E-state index contributed by atoms with van der Waals surface area (Å²) < 4.78 is 27.3. The SMILES string of the molecule is C=CCOc1c(COCCOCCO)cc(Cl)cc1COCCOCCO. The number of hydrogen-bond donors (Lipinski definition) is 2. The minimum absolute atomic E-state index is 0.0117. The predicted molar refractivity (Wildman–Crippen MR) is 102 cm³/mol. The molecule has 0 bridgehead atoms. The predicted octanol–water partition coefficient (Wildman–Crippen LogP) is 1.96. The summed E-state index contributed by atoms with van der Waals surface area (Å²) in [4.78, 5) is 0. The van der Waals surface area contributed by atoms with E-state index < -0.39 is 0 Å². The number of benzene rings is 1. The zero-order valence-electron chi connectivity index (χ0n) is 15.5. The molecule has 0 aromatic heterocycles. The lowest BCUT2D eigenvalue weighted by Gasteiger charge is -2.16. The third-order valence-electron chi connectivity index (χ3n) is 3.28. The highest BCUT2D eigenvalue weighted by Crippen LogP contribution is 2.30. The Balaban J connectivity index is 2.64. The molecule has 0 aliphatic carbocycles. The monoisotopic (exact) mass is 404 g/mol. The molecular formula is C19H29ClO7. The van der Waals surface area contributed by atoms with Crippen LogP contribution in [0, 0.1) is 0 Å². The normalized spacial score (nSPS) is 10.9. The number of rotatable bonds is 17. The molecule has 1 aromatic rings. The van der Waals surface area contributed by atoms with E-state index in [0.717, 1.165) is 11.1 Å². The van der Waals surface area contributed by atoms with Crippen molar-refractivity contribution in [2.45, 2.75) is 13.2 Å². The molecule has 1 rings (SSSR count). The molecule has 0 heterocycles. The van der Waals surface area contributed by atoms with Gasteiger partial charge in [0.2, 0.25) is 0 Å². The van der Waals surface area contributed by atoms with Gasteiger partial charge < -0.3 is 33.9 Å². The van der Waals surface area contributed by atoms with E-state index in [4.69, 9.17) is 45.5 Å². The molecule has 0 unspecified atom stereocenters. The number of aliphatic hydroxyl groups is 2. The maximum absolute atomic E-state index is 8.68. The van der Waals surface area contributed by atoms with E-state index in [2.05, 4.69) is 6.58 Å². The van der Waals surface area contributed by atoms with Crippen molar-refractivity contribution in [3.63, 3.8) is 0 Å². The Morgan fingerprint density at radius 1 is 0.815 bits per heavy atom. The number of ether oxygens (including phenoxy) is 5. The molecule has 0 fully saturated rings.